The first-order valence-corrected chi connectivity index (χ1v) is 4.95. The number of ether oxygens (including phenoxy) is 1. The van der Waals surface area contributed by atoms with E-state index in [1.165, 1.54) is 0 Å². The SMILES string of the molecule is [B]C1O[C@H](C2(O)CC2)C(O)C1(F)C#CCl. The molecule has 0 aromatic carbocycles. The number of halogens is 2. The Hall–Kier alpha value is -0.275. The zero-order valence-corrected chi connectivity index (χ0v) is 8.54. The van der Waals surface area contributed by atoms with E-state index in [9.17, 15) is 14.6 Å². The fourth-order valence-electron chi connectivity index (χ4n) is 1.77. The topological polar surface area (TPSA) is 49.7 Å². The minimum atomic E-state index is -2.41. The third-order valence-corrected chi connectivity index (χ3v) is 3.05. The van der Waals surface area contributed by atoms with Crippen LogP contribution in [0.3, 0.4) is 0 Å². The summed E-state index contributed by atoms with van der Waals surface area (Å²) in [5.41, 5.74) is -3.58. The van der Waals surface area contributed by atoms with Gasteiger partial charge in [-0.05, 0) is 30.4 Å². The minimum Gasteiger partial charge on any atom is -0.387 e. The number of aliphatic hydroxyl groups is 2. The summed E-state index contributed by atoms with van der Waals surface area (Å²) in [7, 11) is 5.38. The minimum absolute atomic E-state index is 0.464. The second kappa shape index (κ2) is 3.36. The van der Waals surface area contributed by atoms with Crippen LogP contribution < -0.4 is 0 Å². The van der Waals surface area contributed by atoms with Gasteiger partial charge >= 0.3 is 0 Å². The third-order valence-electron chi connectivity index (χ3n) is 2.96. The molecule has 0 bridgehead atoms. The Morgan fingerprint density at radius 3 is 2.60 bits per heavy atom. The summed E-state index contributed by atoms with van der Waals surface area (Å²) >= 11 is 5.09. The van der Waals surface area contributed by atoms with Crippen LogP contribution in [0.4, 0.5) is 4.39 Å². The molecule has 4 atom stereocenters. The molecule has 2 rings (SSSR count). The highest BCUT2D eigenvalue weighted by Gasteiger charge is 2.63. The molecule has 80 valence electrons. The maximum atomic E-state index is 14.0. The number of rotatable bonds is 1. The van der Waals surface area contributed by atoms with Crippen LogP contribution in [0.2, 0.25) is 0 Å². The van der Waals surface area contributed by atoms with Crippen molar-refractivity contribution in [2.45, 2.75) is 42.3 Å². The zero-order valence-electron chi connectivity index (χ0n) is 7.78. The third kappa shape index (κ3) is 1.56. The van der Waals surface area contributed by atoms with Gasteiger partial charge in [0.1, 0.15) is 20.1 Å². The summed E-state index contributed by atoms with van der Waals surface area (Å²) in [5, 5.41) is 21.3. The number of hydrogen-bond acceptors (Lipinski definition) is 3. The van der Waals surface area contributed by atoms with Crippen molar-refractivity contribution in [3.63, 3.8) is 0 Å². The lowest BCUT2D eigenvalue weighted by Gasteiger charge is -2.22. The summed E-state index contributed by atoms with van der Waals surface area (Å²) in [6, 6.07) is -1.40. The maximum absolute atomic E-state index is 14.0. The predicted octanol–water partition coefficient (Wildman–Crippen LogP) is -0.326. The monoisotopic (exact) mass is 230 g/mol. The van der Waals surface area contributed by atoms with Gasteiger partial charge in [0.15, 0.2) is 0 Å². The van der Waals surface area contributed by atoms with E-state index in [-0.39, 0.29) is 0 Å². The zero-order chi connectivity index (χ0) is 11.3. The van der Waals surface area contributed by atoms with Crippen molar-refractivity contribution in [3.05, 3.63) is 0 Å². The molecule has 3 nitrogen and oxygen atoms in total. The lowest BCUT2D eigenvalue weighted by molar-refractivity contribution is -0.0683. The van der Waals surface area contributed by atoms with Gasteiger partial charge in [0.25, 0.3) is 0 Å². The average molecular weight is 230 g/mol. The lowest BCUT2D eigenvalue weighted by Crippen LogP contribution is -2.46. The summed E-state index contributed by atoms with van der Waals surface area (Å²) in [5.74, 6) is 1.99. The van der Waals surface area contributed by atoms with Crippen LogP contribution in [0.5, 0.6) is 0 Å². The number of hydrogen-bond donors (Lipinski definition) is 2. The Labute approximate surface area is 93.0 Å². The Kier molecular flexibility index (Phi) is 2.51. The van der Waals surface area contributed by atoms with Gasteiger partial charge in [-0.2, -0.15) is 0 Å². The summed E-state index contributed by atoms with van der Waals surface area (Å²) in [4.78, 5) is 0. The van der Waals surface area contributed by atoms with E-state index in [1.807, 2.05) is 11.3 Å². The normalized spacial score (nSPS) is 47.1. The fraction of sp³-hybridized carbons (Fsp3) is 0.778. The van der Waals surface area contributed by atoms with Gasteiger partial charge in [-0.25, -0.2) is 4.39 Å². The molecule has 1 aliphatic heterocycles. The summed E-state index contributed by atoms with van der Waals surface area (Å²) < 4.78 is 19.0. The molecule has 2 fully saturated rings. The van der Waals surface area contributed by atoms with E-state index >= 15 is 0 Å². The second-order valence-corrected chi connectivity index (χ2v) is 4.20. The quantitative estimate of drug-likeness (QED) is 0.479. The van der Waals surface area contributed by atoms with Gasteiger partial charge in [-0.1, -0.05) is 0 Å². The van der Waals surface area contributed by atoms with Crippen LogP contribution >= 0.6 is 11.6 Å². The van der Waals surface area contributed by atoms with E-state index in [1.54, 1.807) is 0 Å². The van der Waals surface area contributed by atoms with Crippen molar-refractivity contribution in [2.75, 3.05) is 0 Å². The molecule has 0 aromatic rings. The molecule has 1 saturated heterocycles. The number of aliphatic hydroxyl groups excluding tert-OH is 1. The van der Waals surface area contributed by atoms with E-state index in [0.717, 1.165) is 0 Å². The molecular weight excluding hydrogens is 221 g/mol. The molecular formula is C9H9BClFO3. The van der Waals surface area contributed by atoms with Gasteiger partial charge in [0.05, 0.1) is 11.6 Å². The first-order valence-electron chi connectivity index (χ1n) is 4.57. The molecule has 0 amide bonds. The van der Waals surface area contributed by atoms with Crippen molar-refractivity contribution in [2.24, 2.45) is 0 Å². The van der Waals surface area contributed by atoms with Crippen LogP contribution in [-0.4, -0.2) is 47.5 Å². The average Bonchev–Trinajstić information content (AvgIpc) is 2.87. The molecule has 1 saturated carbocycles. The summed E-state index contributed by atoms with van der Waals surface area (Å²) in [6.07, 6.45) is -1.68. The van der Waals surface area contributed by atoms with Crippen molar-refractivity contribution in [3.8, 4) is 11.3 Å². The standard InChI is InChI=1S/C9H9BClFO3/c10-7-9(12,3-4-11)5(13)6(15-7)8(14)1-2-8/h5-7,13-14H,1-2H2/t5?,6-,7?,9?/m0/s1. The Morgan fingerprint density at radius 2 is 2.13 bits per heavy atom. The molecule has 3 unspecified atom stereocenters. The van der Waals surface area contributed by atoms with Crippen molar-refractivity contribution < 1.29 is 19.3 Å². The molecule has 0 aromatic heterocycles. The second-order valence-electron chi connectivity index (χ2n) is 4.01. The van der Waals surface area contributed by atoms with Gasteiger partial charge < -0.3 is 14.9 Å². The maximum Gasteiger partial charge on any atom is 0.217 e. The smallest absolute Gasteiger partial charge is 0.217 e. The highest BCUT2D eigenvalue weighted by molar-refractivity contribution is 6.30. The van der Waals surface area contributed by atoms with Crippen LogP contribution in [0, 0.1) is 11.3 Å². The van der Waals surface area contributed by atoms with Gasteiger partial charge in [-0.15, -0.1) is 0 Å². The first-order chi connectivity index (χ1) is 6.94. The van der Waals surface area contributed by atoms with Crippen LogP contribution in [-0.2, 0) is 4.74 Å². The Morgan fingerprint density at radius 1 is 1.53 bits per heavy atom. The van der Waals surface area contributed by atoms with Gasteiger partial charge in [0, 0.05) is 5.38 Å². The largest absolute Gasteiger partial charge is 0.387 e. The van der Waals surface area contributed by atoms with E-state index in [0.29, 0.717) is 12.8 Å². The molecule has 2 aliphatic rings. The number of alkyl halides is 1. The molecule has 2 N–H and O–H groups in total. The molecule has 2 radical (unpaired) electrons. The molecule has 6 heteroatoms. The highest BCUT2D eigenvalue weighted by atomic mass is 35.5. The van der Waals surface area contributed by atoms with E-state index < -0.39 is 29.5 Å². The Balaban J connectivity index is 2.25. The summed E-state index contributed by atoms with van der Waals surface area (Å²) in [6.45, 7) is 0. The van der Waals surface area contributed by atoms with Crippen LogP contribution in [0.25, 0.3) is 0 Å². The van der Waals surface area contributed by atoms with Crippen molar-refractivity contribution >= 4 is 19.4 Å². The van der Waals surface area contributed by atoms with Crippen molar-refractivity contribution in [1.29, 1.82) is 0 Å². The molecule has 0 spiro atoms. The molecule has 1 aliphatic carbocycles. The van der Waals surface area contributed by atoms with E-state index in [4.69, 9.17) is 24.2 Å². The predicted molar refractivity (Wildman–Crippen MR) is 52.1 cm³/mol. The fourth-order valence-corrected chi connectivity index (χ4v) is 1.92. The highest BCUT2D eigenvalue weighted by Crippen LogP contribution is 2.47. The van der Waals surface area contributed by atoms with Crippen LogP contribution in [0.15, 0.2) is 0 Å². The van der Waals surface area contributed by atoms with Crippen LogP contribution in [0.1, 0.15) is 12.8 Å². The first kappa shape index (κ1) is 11.2. The lowest BCUT2D eigenvalue weighted by atomic mass is 9.82. The molecule has 15 heavy (non-hydrogen) atoms. The van der Waals surface area contributed by atoms with E-state index in [2.05, 4.69) is 0 Å². The van der Waals surface area contributed by atoms with Gasteiger partial charge in [-0.3, -0.25) is 0 Å². The molecule has 1 heterocycles. The Bertz CT molecular complexity index is 338. The van der Waals surface area contributed by atoms with Crippen molar-refractivity contribution in [1.82, 2.24) is 0 Å². The van der Waals surface area contributed by atoms with Gasteiger partial charge in [0.2, 0.25) is 5.67 Å².